The summed E-state index contributed by atoms with van der Waals surface area (Å²) in [6.07, 6.45) is 0. The van der Waals surface area contributed by atoms with Gasteiger partial charge in [0.05, 0.1) is 7.05 Å². The van der Waals surface area contributed by atoms with Crippen molar-refractivity contribution in [1.29, 1.82) is 0 Å². The van der Waals surface area contributed by atoms with E-state index in [1.807, 2.05) is 26.0 Å². The Kier molecular flexibility index (Phi) is 6.75. The molecule has 0 saturated carbocycles. The van der Waals surface area contributed by atoms with Crippen molar-refractivity contribution < 1.29 is 19.4 Å². The Morgan fingerprint density at radius 1 is 1.12 bits per heavy atom. The lowest BCUT2D eigenvalue weighted by atomic mass is 10.1. The smallest absolute Gasteiger partial charge is 0.279 e. The first-order valence-electron chi connectivity index (χ1n) is 8.87. The first kappa shape index (κ1) is 18.4. The highest BCUT2D eigenvalue weighted by Gasteiger charge is 2.22. The third-order valence-corrected chi connectivity index (χ3v) is 4.67. The van der Waals surface area contributed by atoms with Crippen LogP contribution in [0.15, 0.2) is 24.3 Å². The molecule has 0 aliphatic carbocycles. The van der Waals surface area contributed by atoms with Crippen molar-refractivity contribution >= 4 is 17.5 Å². The van der Waals surface area contributed by atoms with Crippen LogP contribution in [0.1, 0.15) is 24.2 Å². The van der Waals surface area contributed by atoms with Crippen LogP contribution in [0.4, 0.5) is 5.69 Å². The summed E-state index contributed by atoms with van der Waals surface area (Å²) in [7, 11) is 2.19. The summed E-state index contributed by atoms with van der Waals surface area (Å²) in [5.41, 5.74) is 1.31. The fourth-order valence-electron chi connectivity index (χ4n) is 3.06. The summed E-state index contributed by atoms with van der Waals surface area (Å²) >= 11 is 0. The maximum absolute atomic E-state index is 12.4. The molecule has 1 heterocycles. The minimum absolute atomic E-state index is 0.00349. The van der Waals surface area contributed by atoms with E-state index in [1.165, 1.54) is 9.80 Å². The fourth-order valence-corrected chi connectivity index (χ4v) is 3.06. The molecule has 132 valence electrons. The number of hydrogen-bond acceptors (Lipinski definition) is 2. The van der Waals surface area contributed by atoms with E-state index in [0.717, 1.165) is 26.2 Å². The lowest BCUT2D eigenvalue weighted by Crippen LogP contribution is -3.27. The Bertz CT molecular complexity index is 564. The van der Waals surface area contributed by atoms with Gasteiger partial charge >= 0.3 is 0 Å². The number of nitrogens with one attached hydrogen (secondary N) is 3. The third kappa shape index (κ3) is 5.04. The van der Waals surface area contributed by atoms with Crippen molar-refractivity contribution in [1.82, 2.24) is 4.90 Å². The van der Waals surface area contributed by atoms with Gasteiger partial charge in [0.1, 0.15) is 26.2 Å². The van der Waals surface area contributed by atoms with Crippen molar-refractivity contribution in [2.24, 2.45) is 0 Å². The lowest BCUT2D eigenvalue weighted by molar-refractivity contribution is -0.999. The van der Waals surface area contributed by atoms with Gasteiger partial charge in [0.15, 0.2) is 6.54 Å². The molecule has 1 aliphatic rings. The Labute approximate surface area is 144 Å². The van der Waals surface area contributed by atoms with Gasteiger partial charge in [-0.05, 0) is 32.0 Å². The van der Waals surface area contributed by atoms with Crippen LogP contribution in [0.25, 0.3) is 0 Å². The zero-order chi connectivity index (χ0) is 17.5. The Hall–Kier alpha value is -1.92. The minimum atomic E-state index is 0.00349. The summed E-state index contributed by atoms with van der Waals surface area (Å²) in [6, 6.07) is 7.21. The summed E-state index contributed by atoms with van der Waals surface area (Å²) in [6.45, 7) is 10.1. The number of amides is 2. The summed E-state index contributed by atoms with van der Waals surface area (Å²) in [5, 5.41) is 2.93. The second-order valence-electron chi connectivity index (χ2n) is 6.49. The molecule has 1 aromatic carbocycles. The quantitative estimate of drug-likeness (QED) is 0.594. The van der Waals surface area contributed by atoms with Crippen LogP contribution in [0.5, 0.6) is 0 Å². The number of quaternary nitrogens is 2. The molecule has 0 aromatic heterocycles. The summed E-state index contributed by atoms with van der Waals surface area (Å²) in [4.78, 5) is 29.3. The van der Waals surface area contributed by atoms with Crippen molar-refractivity contribution in [2.75, 3.05) is 58.2 Å². The van der Waals surface area contributed by atoms with E-state index in [2.05, 4.69) is 12.4 Å². The fraction of sp³-hybridized carbons (Fsp3) is 0.556. The number of rotatable bonds is 6. The predicted molar refractivity (Wildman–Crippen MR) is 94.5 cm³/mol. The Balaban J connectivity index is 1.94. The topological polar surface area (TPSA) is 58.3 Å². The number of likely N-dealkylation sites (N-methyl/N-ethyl adjacent to an activating group) is 1. The SMILES string of the molecule is CCN(CC)C(=O)c1cccc(NC(=O)C[NH+]2CC[NH+](C)CC2)c1. The minimum Gasteiger partial charge on any atom is -0.339 e. The second-order valence-corrected chi connectivity index (χ2v) is 6.49. The molecule has 0 spiro atoms. The van der Waals surface area contributed by atoms with E-state index >= 15 is 0 Å². The molecule has 0 bridgehead atoms. The molecule has 0 unspecified atom stereocenters. The largest absolute Gasteiger partial charge is 0.339 e. The molecule has 1 aliphatic heterocycles. The predicted octanol–water partition coefficient (Wildman–Crippen LogP) is -1.48. The average molecular weight is 334 g/mol. The number of hydrogen-bond donors (Lipinski definition) is 3. The molecule has 1 saturated heterocycles. The van der Waals surface area contributed by atoms with Gasteiger partial charge in [-0.3, -0.25) is 9.59 Å². The van der Waals surface area contributed by atoms with Gasteiger partial charge in [0.2, 0.25) is 0 Å². The van der Waals surface area contributed by atoms with Gasteiger partial charge in [-0.25, -0.2) is 0 Å². The number of carbonyl (C=O) groups excluding carboxylic acids is 2. The standard InChI is InChI=1S/C18H28N4O2/c1-4-22(5-2)18(24)15-7-6-8-16(13-15)19-17(23)14-21-11-9-20(3)10-12-21/h6-8,13H,4-5,9-12,14H2,1-3H3,(H,19,23)/p+2. The van der Waals surface area contributed by atoms with Crippen LogP contribution >= 0.6 is 0 Å². The van der Waals surface area contributed by atoms with Crippen LogP contribution in [-0.4, -0.2) is 69.6 Å². The maximum atomic E-state index is 12.4. The van der Waals surface area contributed by atoms with E-state index < -0.39 is 0 Å². The molecule has 2 rings (SSSR count). The molecule has 2 amide bonds. The van der Waals surface area contributed by atoms with Crippen LogP contribution in [0, 0.1) is 0 Å². The van der Waals surface area contributed by atoms with E-state index in [0.29, 0.717) is 30.9 Å². The lowest BCUT2D eigenvalue weighted by Gasteiger charge is -2.26. The second kappa shape index (κ2) is 8.80. The van der Waals surface area contributed by atoms with Crippen molar-refractivity contribution in [2.45, 2.75) is 13.8 Å². The average Bonchev–Trinajstić information content (AvgIpc) is 2.58. The van der Waals surface area contributed by atoms with Crippen molar-refractivity contribution in [3.8, 4) is 0 Å². The zero-order valence-corrected chi connectivity index (χ0v) is 15.0. The van der Waals surface area contributed by atoms with Gasteiger partial charge in [0.25, 0.3) is 11.8 Å². The van der Waals surface area contributed by atoms with Gasteiger partial charge in [-0.2, -0.15) is 0 Å². The number of benzene rings is 1. The monoisotopic (exact) mass is 334 g/mol. The Morgan fingerprint density at radius 3 is 2.42 bits per heavy atom. The van der Waals surface area contributed by atoms with E-state index in [4.69, 9.17) is 0 Å². The van der Waals surface area contributed by atoms with Crippen molar-refractivity contribution in [3.05, 3.63) is 29.8 Å². The van der Waals surface area contributed by atoms with Crippen molar-refractivity contribution in [3.63, 3.8) is 0 Å². The molecular weight excluding hydrogens is 304 g/mol. The van der Waals surface area contributed by atoms with Crippen LogP contribution in [-0.2, 0) is 4.79 Å². The van der Waals surface area contributed by atoms with Gasteiger partial charge in [-0.15, -0.1) is 0 Å². The molecular formula is C18H30N4O2+2. The summed E-state index contributed by atoms with van der Waals surface area (Å²) < 4.78 is 0. The molecule has 0 radical (unpaired) electrons. The Morgan fingerprint density at radius 2 is 1.79 bits per heavy atom. The van der Waals surface area contributed by atoms with E-state index in [9.17, 15) is 9.59 Å². The molecule has 0 atom stereocenters. The highest BCUT2D eigenvalue weighted by molar-refractivity contribution is 5.97. The molecule has 6 nitrogen and oxygen atoms in total. The van der Waals surface area contributed by atoms with E-state index in [1.54, 1.807) is 17.0 Å². The maximum Gasteiger partial charge on any atom is 0.279 e. The number of nitrogens with zero attached hydrogens (tertiary/aromatic N) is 1. The summed E-state index contributed by atoms with van der Waals surface area (Å²) in [5.74, 6) is 0.0146. The number of carbonyl (C=O) groups is 2. The van der Waals surface area contributed by atoms with Gasteiger partial charge < -0.3 is 20.0 Å². The molecule has 24 heavy (non-hydrogen) atoms. The van der Waals surface area contributed by atoms with Crippen LogP contribution in [0.2, 0.25) is 0 Å². The first-order chi connectivity index (χ1) is 11.5. The number of piperazine rings is 1. The third-order valence-electron chi connectivity index (χ3n) is 4.67. The van der Waals surface area contributed by atoms with Crippen LogP contribution in [0.3, 0.4) is 0 Å². The van der Waals surface area contributed by atoms with Gasteiger partial charge in [-0.1, -0.05) is 6.07 Å². The molecule has 1 fully saturated rings. The molecule has 1 aromatic rings. The highest BCUT2D eigenvalue weighted by Crippen LogP contribution is 2.12. The normalized spacial score (nSPS) is 20.5. The zero-order valence-electron chi connectivity index (χ0n) is 15.0. The molecule has 6 heteroatoms. The number of anilines is 1. The molecule has 3 N–H and O–H groups in total. The van der Waals surface area contributed by atoms with Gasteiger partial charge in [0, 0.05) is 24.3 Å². The first-order valence-corrected chi connectivity index (χ1v) is 8.87. The van der Waals surface area contributed by atoms with Crippen LogP contribution < -0.4 is 15.1 Å². The highest BCUT2D eigenvalue weighted by atomic mass is 16.2. The van der Waals surface area contributed by atoms with E-state index in [-0.39, 0.29) is 11.8 Å².